The van der Waals surface area contributed by atoms with Gasteiger partial charge in [-0.25, -0.2) is 8.42 Å². The minimum Gasteiger partial charge on any atom is -0.379 e. The molecule has 1 aliphatic heterocycles. The number of hydrogen-bond donors (Lipinski definition) is 2. The Morgan fingerprint density at radius 1 is 1.19 bits per heavy atom. The number of aromatic amines is 1. The van der Waals surface area contributed by atoms with Crippen molar-refractivity contribution in [3.05, 3.63) is 58.4 Å². The first-order valence-electron chi connectivity index (χ1n) is 8.12. The van der Waals surface area contributed by atoms with Crippen LogP contribution in [0, 0.1) is 4.64 Å². The second kappa shape index (κ2) is 8.09. The smallest absolute Gasteiger partial charge is 0.254 e. The molecule has 1 amide bonds. The summed E-state index contributed by atoms with van der Waals surface area (Å²) < 4.78 is 32.8. The molecule has 3 rings (SSSR count). The van der Waals surface area contributed by atoms with Crippen molar-refractivity contribution in [2.45, 2.75) is 11.4 Å². The Morgan fingerprint density at radius 2 is 1.92 bits per heavy atom. The summed E-state index contributed by atoms with van der Waals surface area (Å²) in [6.07, 6.45) is 1.64. The standard InChI is InChI=1S/C17H19N3O4S2/c21-16(14-5-3-7-18-17(14)25)19-12-13-4-1-2-6-15(13)26(22,23)20-8-10-24-11-9-20/h1-7H,8-12H2,(H,18,25)(H,19,21). The van der Waals surface area contributed by atoms with Gasteiger partial charge >= 0.3 is 0 Å². The number of morpholine rings is 1. The third kappa shape index (κ3) is 4.01. The molecule has 0 atom stereocenters. The quantitative estimate of drug-likeness (QED) is 0.755. The van der Waals surface area contributed by atoms with Gasteiger partial charge in [0.15, 0.2) is 0 Å². The summed E-state index contributed by atoms with van der Waals surface area (Å²) in [6.45, 7) is 1.49. The summed E-state index contributed by atoms with van der Waals surface area (Å²) in [5.74, 6) is -0.356. The molecule has 0 radical (unpaired) electrons. The van der Waals surface area contributed by atoms with Crippen molar-refractivity contribution in [3.63, 3.8) is 0 Å². The fraction of sp³-hybridized carbons (Fsp3) is 0.294. The van der Waals surface area contributed by atoms with Gasteiger partial charge in [-0.1, -0.05) is 30.4 Å². The number of benzene rings is 1. The van der Waals surface area contributed by atoms with Crippen LogP contribution in [0.3, 0.4) is 0 Å². The topological polar surface area (TPSA) is 91.5 Å². The predicted octanol–water partition coefficient (Wildman–Crippen LogP) is 1.70. The van der Waals surface area contributed by atoms with Gasteiger partial charge in [-0.15, -0.1) is 0 Å². The van der Waals surface area contributed by atoms with Crippen LogP contribution in [0.1, 0.15) is 15.9 Å². The Balaban J connectivity index is 1.80. The van der Waals surface area contributed by atoms with Crippen molar-refractivity contribution in [1.82, 2.24) is 14.6 Å². The molecule has 0 unspecified atom stereocenters. The van der Waals surface area contributed by atoms with Crippen LogP contribution in [0.15, 0.2) is 47.5 Å². The molecule has 26 heavy (non-hydrogen) atoms. The van der Waals surface area contributed by atoms with Gasteiger partial charge in [-0.2, -0.15) is 4.31 Å². The van der Waals surface area contributed by atoms with Gasteiger partial charge in [0.05, 0.1) is 23.7 Å². The fourth-order valence-corrected chi connectivity index (χ4v) is 4.56. The lowest BCUT2D eigenvalue weighted by molar-refractivity contribution is 0.0730. The molecule has 0 saturated carbocycles. The maximum atomic E-state index is 12.9. The third-order valence-corrected chi connectivity index (χ3v) is 6.40. The van der Waals surface area contributed by atoms with Crippen LogP contribution in [-0.2, 0) is 21.3 Å². The number of rotatable bonds is 5. The van der Waals surface area contributed by atoms with Crippen molar-refractivity contribution >= 4 is 28.1 Å². The zero-order valence-electron chi connectivity index (χ0n) is 14.0. The van der Waals surface area contributed by atoms with E-state index in [-0.39, 0.29) is 17.3 Å². The average molecular weight is 393 g/mol. The highest BCUT2D eigenvalue weighted by Gasteiger charge is 2.28. The van der Waals surface area contributed by atoms with Crippen molar-refractivity contribution in [3.8, 4) is 0 Å². The van der Waals surface area contributed by atoms with E-state index in [1.807, 2.05) is 0 Å². The number of aromatic nitrogens is 1. The molecule has 1 fully saturated rings. The molecule has 2 aromatic rings. The van der Waals surface area contributed by atoms with E-state index in [2.05, 4.69) is 10.3 Å². The van der Waals surface area contributed by atoms with E-state index in [4.69, 9.17) is 17.0 Å². The molecule has 9 heteroatoms. The van der Waals surface area contributed by atoms with Crippen LogP contribution in [0.2, 0.25) is 0 Å². The van der Waals surface area contributed by atoms with Crippen LogP contribution >= 0.6 is 12.2 Å². The predicted molar refractivity (Wildman–Crippen MR) is 98.8 cm³/mol. The van der Waals surface area contributed by atoms with Crippen LogP contribution in [0.25, 0.3) is 0 Å². The van der Waals surface area contributed by atoms with E-state index in [0.29, 0.717) is 42.1 Å². The Bertz CT molecular complexity index is 950. The van der Waals surface area contributed by atoms with Gasteiger partial charge < -0.3 is 15.0 Å². The number of nitrogens with zero attached hydrogens (tertiary/aromatic N) is 1. The zero-order chi connectivity index (χ0) is 18.6. The van der Waals surface area contributed by atoms with Gasteiger partial charge in [-0.05, 0) is 23.8 Å². The van der Waals surface area contributed by atoms with Gasteiger partial charge in [0, 0.05) is 25.8 Å². The molecule has 0 bridgehead atoms. The Hall–Kier alpha value is -2.07. The molecule has 1 aromatic heterocycles. The number of H-pyrrole nitrogens is 1. The number of nitrogens with one attached hydrogen (secondary N) is 2. The normalized spacial score (nSPS) is 15.5. The molecule has 0 aliphatic carbocycles. The fourth-order valence-electron chi connectivity index (χ4n) is 2.70. The summed E-state index contributed by atoms with van der Waals surface area (Å²) in [6, 6.07) is 9.97. The minimum absolute atomic E-state index is 0.0856. The SMILES string of the molecule is O=C(NCc1ccccc1S(=O)(=O)N1CCOCC1)c1ccc[nH]c1=S. The molecule has 2 N–H and O–H groups in total. The van der Waals surface area contributed by atoms with E-state index >= 15 is 0 Å². The largest absolute Gasteiger partial charge is 0.379 e. The molecule has 0 spiro atoms. The Kier molecular flexibility index (Phi) is 5.82. The van der Waals surface area contributed by atoms with Crippen LogP contribution in [-0.4, -0.2) is 49.9 Å². The summed E-state index contributed by atoms with van der Waals surface area (Å²) >= 11 is 5.10. The zero-order valence-corrected chi connectivity index (χ0v) is 15.6. The Labute approximate surface area is 157 Å². The van der Waals surface area contributed by atoms with E-state index < -0.39 is 10.0 Å². The average Bonchev–Trinajstić information content (AvgIpc) is 2.67. The van der Waals surface area contributed by atoms with Crippen LogP contribution < -0.4 is 5.32 Å². The highest BCUT2D eigenvalue weighted by molar-refractivity contribution is 7.89. The van der Waals surface area contributed by atoms with Crippen molar-refractivity contribution in [1.29, 1.82) is 0 Å². The molecule has 138 valence electrons. The highest BCUT2D eigenvalue weighted by Crippen LogP contribution is 2.21. The first-order valence-corrected chi connectivity index (χ1v) is 9.96. The summed E-state index contributed by atoms with van der Waals surface area (Å²) in [5.41, 5.74) is 0.870. The lowest BCUT2D eigenvalue weighted by Crippen LogP contribution is -2.41. The minimum atomic E-state index is -3.64. The molecule has 1 aromatic carbocycles. The first kappa shape index (κ1) is 18.7. The molecule has 2 heterocycles. The molecule has 1 aliphatic rings. The molecular weight excluding hydrogens is 374 g/mol. The Morgan fingerprint density at radius 3 is 2.65 bits per heavy atom. The van der Waals surface area contributed by atoms with Crippen molar-refractivity contribution in [2.24, 2.45) is 0 Å². The molecule has 7 nitrogen and oxygen atoms in total. The lowest BCUT2D eigenvalue weighted by Gasteiger charge is -2.27. The van der Waals surface area contributed by atoms with Crippen LogP contribution in [0.5, 0.6) is 0 Å². The number of carbonyl (C=O) groups is 1. The summed E-state index contributed by atoms with van der Waals surface area (Å²) in [4.78, 5) is 15.3. The number of amides is 1. The maximum Gasteiger partial charge on any atom is 0.254 e. The summed E-state index contributed by atoms with van der Waals surface area (Å²) in [7, 11) is -3.64. The second-order valence-corrected chi connectivity index (χ2v) is 8.03. The van der Waals surface area contributed by atoms with Gasteiger partial charge in [-0.3, -0.25) is 4.79 Å². The molecule has 1 saturated heterocycles. The number of ether oxygens (including phenoxy) is 1. The molecular formula is C17H19N3O4S2. The number of sulfonamides is 1. The number of carbonyl (C=O) groups excluding carboxylic acids is 1. The second-order valence-electron chi connectivity index (χ2n) is 5.72. The number of pyridine rings is 1. The third-order valence-electron chi connectivity index (χ3n) is 4.06. The lowest BCUT2D eigenvalue weighted by atomic mass is 10.2. The van der Waals surface area contributed by atoms with Crippen LogP contribution in [0.4, 0.5) is 0 Å². The first-order chi connectivity index (χ1) is 12.5. The van der Waals surface area contributed by atoms with E-state index in [0.717, 1.165) is 0 Å². The van der Waals surface area contributed by atoms with Crippen molar-refractivity contribution in [2.75, 3.05) is 26.3 Å². The van der Waals surface area contributed by atoms with E-state index in [1.165, 1.54) is 4.31 Å². The van der Waals surface area contributed by atoms with Crippen molar-refractivity contribution < 1.29 is 17.9 Å². The van der Waals surface area contributed by atoms with Gasteiger partial charge in [0.1, 0.15) is 4.64 Å². The highest BCUT2D eigenvalue weighted by atomic mass is 32.2. The number of hydrogen-bond acceptors (Lipinski definition) is 5. The van der Waals surface area contributed by atoms with E-state index in [1.54, 1.807) is 42.6 Å². The van der Waals surface area contributed by atoms with Gasteiger partial charge in [0.2, 0.25) is 10.0 Å². The van der Waals surface area contributed by atoms with E-state index in [9.17, 15) is 13.2 Å². The summed E-state index contributed by atoms with van der Waals surface area (Å²) in [5, 5.41) is 2.74. The monoisotopic (exact) mass is 393 g/mol. The van der Waals surface area contributed by atoms with Gasteiger partial charge in [0.25, 0.3) is 5.91 Å². The maximum absolute atomic E-state index is 12.9.